The van der Waals surface area contributed by atoms with E-state index in [0.717, 1.165) is 22.3 Å². The number of rotatable bonds is 1. The lowest BCUT2D eigenvalue weighted by Crippen LogP contribution is -2.19. The van der Waals surface area contributed by atoms with Crippen LogP contribution in [0.4, 0.5) is 4.39 Å². The highest BCUT2D eigenvalue weighted by atomic mass is 79.9. The second-order valence-electron chi connectivity index (χ2n) is 4.30. The molecule has 0 saturated carbocycles. The van der Waals surface area contributed by atoms with Crippen LogP contribution in [0.1, 0.15) is 12.0 Å². The molecule has 0 aromatic heterocycles. The normalized spacial score (nSPS) is 17.6. The van der Waals surface area contributed by atoms with E-state index < -0.39 is 0 Å². The lowest BCUT2D eigenvalue weighted by Gasteiger charge is -2.30. The molecule has 2 aliphatic heterocycles. The van der Waals surface area contributed by atoms with Crippen molar-refractivity contribution < 1.29 is 4.39 Å². The van der Waals surface area contributed by atoms with Gasteiger partial charge in [-0.25, -0.2) is 4.39 Å². The molecule has 3 rings (SSSR count). The minimum atomic E-state index is -0.306. The van der Waals surface area contributed by atoms with Crippen LogP contribution in [0.5, 0.6) is 0 Å². The van der Waals surface area contributed by atoms with E-state index >= 15 is 0 Å². The van der Waals surface area contributed by atoms with Gasteiger partial charge >= 0.3 is 0 Å². The second-order valence-corrected chi connectivity index (χ2v) is 5.65. The van der Waals surface area contributed by atoms with E-state index in [0.29, 0.717) is 10.6 Å². The Morgan fingerprint density at radius 2 is 2.05 bits per heavy atom. The summed E-state index contributed by atoms with van der Waals surface area (Å²) < 4.78 is 15.0. The highest BCUT2D eigenvalue weighted by Gasteiger charge is 2.20. The molecule has 0 radical (unpaired) electrons. The van der Waals surface area contributed by atoms with Gasteiger partial charge in [0.25, 0.3) is 0 Å². The van der Waals surface area contributed by atoms with Crippen LogP contribution in [0.3, 0.4) is 0 Å². The smallest absolute Gasteiger partial charge is 0.134 e. The molecule has 4 heteroatoms. The van der Waals surface area contributed by atoms with Crippen molar-refractivity contribution in [1.82, 2.24) is 4.90 Å². The van der Waals surface area contributed by atoms with Gasteiger partial charge < -0.3 is 4.90 Å². The molecule has 0 aliphatic carbocycles. The van der Waals surface area contributed by atoms with Crippen LogP contribution in [0.25, 0.3) is 5.70 Å². The maximum absolute atomic E-state index is 14.1. The predicted octanol–water partition coefficient (Wildman–Crippen LogP) is 5.22. The first-order valence-electron chi connectivity index (χ1n) is 5.85. The summed E-state index contributed by atoms with van der Waals surface area (Å²) in [5, 5.41) is 0.406. The Morgan fingerprint density at radius 1 is 1.21 bits per heavy atom. The van der Waals surface area contributed by atoms with E-state index in [-0.39, 0.29) is 5.82 Å². The van der Waals surface area contributed by atoms with Crippen LogP contribution >= 0.6 is 27.5 Å². The number of fused-ring (bicyclic) bond motifs is 1. The van der Waals surface area contributed by atoms with Gasteiger partial charge in [-0.1, -0.05) is 23.8 Å². The van der Waals surface area contributed by atoms with Gasteiger partial charge in [-0.05, 0) is 52.7 Å². The molecule has 1 aromatic carbocycles. The molecule has 2 aliphatic rings. The third-order valence-corrected chi connectivity index (χ3v) is 3.75. The third-order valence-electron chi connectivity index (χ3n) is 3.05. The molecule has 0 unspecified atom stereocenters. The molecule has 0 saturated heterocycles. The zero-order valence-electron chi connectivity index (χ0n) is 9.91. The number of benzene rings is 1. The standard InChI is InChI=1S/C15H10BrClFN/c16-10-4-6-12-2-1-3-15(19(12)9-10)13-7-5-11(17)8-14(13)18/h2-9H,1H2. The van der Waals surface area contributed by atoms with Gasteiger partial charge in [0.2, 0.25) is 0 Å². The summed E-state index contributed by atoms with van der Waals surface area (Å²) >= 11 is 9.25. The van der Waals surface area contributed by atoms with Gasteiger partial charge in [-0.2, -0.15) is 0 Å². The average Bonchev–Trinajstić information content (AvgIpc) is 2.38. The van der Waals surface area contributed by atoms with Crippen LogP contribution in [0, 0.1) is 5.82 Å². The molecule has 0 amide bonds. The van der Waals surface area contributed by atoms with Gasteiger partial charge in [0.1, 0.15) is 5.82 Å². The van der Waals surface area contributed by atoms with Crippen molar-refractivity contribution in [2.45, 2.75) is 6.42 Å². The van der Waals surface area contributed by atoms with E-state index in [2.05, 4.69) is 22.0 Å². The maximum atomic E-state index is 14.1. The van der Waals surface area contributed by atoms with Crippen molar-refractivity contribution in [3.63, 3.8) is 0 Å². The topological polar surface area (TPSA) is 3.24 Å². The van der Waals surface area contributed by atoms with Crippen molar-refractivity contribution in [1.29, 1.82) is 0 Å². The van der Waals surface area contributed by atoms with Crippen LogP contribution in [0.15, 0.2) is 58.9 Å². The van der Waals surface area contributed by atoms with E-state index in [1.54, 1.807) is 12.1 Å². The fourth-order valence-corrected chi connectivity index (χ4v) is 2.68. The molecule has 0 fully saturated rings. The van der Waals surface area contributed by atoms with Gasteiger partial charge in [-0.15, -0.1) is 0 Å². The first-order valence-corrected chi connectivity index (χ1v) is 7.02. The molecule has 0 atom stereocenters. The zero-order valence-corrected chi connectivity index (χ0v) is 12.2. The minimum Gasteiger partial charge on any atom is -0.316 e. The third kappa shape index (κ3) is 2.40. The first-order chi connectivity index (χ1) is 9.15. The molecular formula is C15H10BrClFN. The molecule has 19 heavy (non-hydrogen) atoms. The summed E-state index contributed by atoms with van der Waals surface area (Å²) in [6, 6.07) is 4.76. The number of nitrogens with zero attached hydrogens (tertiary/aromatic N) is 1. The summed E-state index contributed by atoms with van der Waals surface area (Å²) in [6.45, 7) is 0. The van der Waals surface area contributed by atoms with Crippen molar-refractivity contribution in [2.75, 3.05) is 0 Å². The fourth-order valence-electron chi connectivity index (χ4n) is 2.19. The van der Waals surface area contributed by atoms with Gasteiger partial charge in [-0.3, -0.25) is 0 Å². The van der Waals surface area contributed by atoms with Crippen molar-refractivity contribution >= 4 is 33.2 Å². The van der Waals surface area contributed by atoms with Crippen LogP contribution < -0.4 is 0 Å². The molecule has 0 N–H and O–H groups in total. The van der Waals surface area contributed by atoms with Crippen molar-refractivity contribution in [3.05, 3.63) is 75.3 Å². The quantitative estimate of drug-likeness (QED) is 0.679. The van der Waals surface area contributed by atoms with Crippen LogP contribution in [0.2, 0.25) is 5.02 Å². The Hall–Kier alpha value is -1.32. The Labute approximate surface area is 124 Å². The predicted molar refractivity (Wildman–Crippen MR) is 80.1 cm³/mol. The van der Waals surface area contributed by atoms with E-state index in [4.69, 9.17) is 11.6 Å². The average molecular weight is 339 g/mol. The Balaban J connectivity index is 2.05. The molecule has 0 spiro atoms. The van der Waals surface area contributed by atoms with Crippen LogP contribution in [-0.4, -0.2) is 4.90 Å². The molecule has 1 nitrogen and oxygen atoms in total. The zero-order chi connectivity index (χ0) is 13.4. The van der Waals surface area contributed by atoms with Crippen LogP contribution in [-0.2, 0) is 0 Å². The fraction of sp³-hybridized carbons (Fsp3) is 0.0667. The number of hydrogen-bond donors (Lipinski definition) is 0. The second kappa shape index (κ2) is 4.99. The number of halogens is 3. The van der Waals surface area contributed by atoms with E-state index in [1.165, 1.54) is 6.07 Å². The van der Waals surface area contributed by atoms with Crippen molar-refractivity contribution in [2.24, 2.45) is 0 Å². The Morgan fingerprint density at radius 3 is 2.84 bits per heavy atom. The number of allylic oxidation sites excluding steroid dienone is 5. The monoisotopic (exact) mass is 337 g/mol. The van der Waals surface area contributed by atoms with E-state index in [1.807, 2.05) is 29.3 Å². The molecule has 0 bridgehead atoms. The first kappa shape index (κ1) is 12.7. The summed E-state index contributed by atoms with van der Waals surface area (Å²) in [5.74, 6) is -0.306. The summed E-state index contributed by atoms with van der Waals surface area (Å²) in [6.07, 6.45) is 10.8. The Bertz CT molecular complexity index is 658. The summed E-state index contributed by atoms with van der Waals surface area (Å²) in [5.41, 5.74) is 2.45. The lowest BCUT2D eigenvalue weighted by atomic mass is 10.0. The highest BCUT2D eigenvalue weighted by molar-refractivity contribution is 9.11. The SMILES string of the molecule is Fc1cc(Cl)ccc1C1=CCC=C2C=CC(Br)=CN21. The van der Waals surface area contributed by atoms with Gasteiger partial charge in [0.15, 0.2) is 0 Å². The van der Waals surface area contributed by atoms with Gasteiger partial charge in [0, 0.05) is 27.0 Å². The van der Waals surface area contributed by atoms with E-state index in [9.17, 15) is 4.39 Å². The summed E-state index contributed by atoms with van der Waals surface area (Å²) in [4.78, 5) is 1.97. The lowest BCUT2D eigenvalue weighted by molar-refractivity contribution is 0.604. The van der Waals surface area contributed by atoms with Crippen molar-refractivity contribution in [3.8, 4) is 0 Å². The minimum absolute atomic E-state index is 0.306. The summed E-state index contributed by atoms with van der Waals surface area (Å²) in [7, 11) is 0. The Kier molecular flexibility index (Phi) is 3.33. The van der Waals surface area contributed by atoms with Gasteiger partial charge in [0.05, 0.1) is 5.70 Å². The molecular weight excluding hydrogens is 329 g/mol. The molecule has 1 aromatic rings. The number of hydrogen-bond acceptors (Lipinski definition) is 1. The maximum Gasteiger partial charge on any atom is 0.134 e. The highest BCUT2D eigenvalue weighted by Crippen LogP contribution is 2.34. The molecule has 96 valence electrons. The molecule has 2 heterocycles. The largest absolute Gasteiger partial charge is 0.316 e.